The number of hydrogen-bond donors (Lipinski definition) is 0. The lowest BCUT2D eigenvalue weighted by atomic mass is 9.98. The molecule has 2 aromatic rings. The zero-order chi connectivity index (χ0) is 19.9. The van der Waals surface area contributed by atoms with E-state index in [-0.39, 0.29) is 17.6 Å². The summed E-state index contributed by atoms with van der Waals surface area (Å²) in [5, 5.41) is 4.42. The fraction of sp³-hybridized carbons (Fsp3) is 0.579. The van der Waals surface area contributed by atoms with Gasteiger partial charge in [0.2, 0.25) is 10.0 Å². The minimum absolute atomic E-state index is 0.0204. The Hall–Kier alpha value is -1.93. The third kappa shape index (κ3) is 3.60. The van der Waals surface area contributed by atoms with Crippen LogP contribution >= 0.6 is 0 Å². The van der Waals surface area contributed by atoms with Gasteiger partial charge in [-0.15, -0.1) is 0 Å². The van der Waals surface area contributed by atoms with Crippen molar-refractivity contribution in [1.29, 1.82) is 0 Å². The van der Waals surface area contributed by atoms with Crippen LogP contribution in [0.3, 0.4) is 0 Å². The third-order valence-corrected chi connectivity index (χ3v) is 7.23. The molecule has 1 aromatic carbocycles. The van der Waals surface area contributed by atoms with Gasteiger partial charge in [0.15, 0.2) is 0 Å². The minimum Gasteiger partial charge on any atom is -0.276 e. The summed E-state index contributed by atoms with van der Waals surface area (Å²) in [5.74, 6) is 0.592. The molecule has 8 heteroatoms. The lowest BCUT2D eigenvalue weighted by Gasteiger charge is -2.32. The van der Waals surface area contributed by atoms with E-state index in [2.05, 4.69) is 5.10 Å². The van der Waals surface area contributed by atoms with Crippen LogP contribution in [0.5, 0.6) is 0 Å². The van der Waals surface area contributed by atoms with Gasteiger partial charge >= 0.3 is 5.69 Å². The summed E-state index contributed by atoms with van der Waals surface area (Å²) in [6.45, 7) is 8.61. The van der Waals surface area contributed by atoms with E-state index < -0.39 is 10.0 Å². The van der Waals surface area contributed by atoms with E-state index in [1.807, 2.05) is 33.8 Å². The Labute approximate surface area is 160 Å². The van der Waals surface area contributed by atoms with Crippen molar-refractivity contribution >= 4 is 10.0 Å². The van der Waals surface area contributed by atoms with Crippen LogP contribution in [0.4, 0.5) is 0 Å². The van der Waals surface area contributed by atoms with E-state index in [1.54, 1.807) is 23.7 Å². The lowest BCUT2D eigenvalue weighted by Crippen LogP contribution is -2.40. The first-order valence-corrected chi connectivity index (χ1v) is 10.8. The molecular weight excluding hydrogens is 364 g/mol. The third-order valence-electron chi connectivity index (χ3n) is 5.36. The van der Waals surface area contributed by atoms with Crippen molar-refractivity contribution in [2.45, 2.75) is 57.4 Å². The van der Waals surface area contributed by atoms with Gasteiger partial charge in [-0.05, 0) is 63.8 Å². The molecule has 0 N–H and O–H groups in total. The second-order valence-electron chi connectivity index (χ2n) is 7.68. The molecule has 1 aromatic heterocycles. The molecule has 7 nitrogen and oxygen atoms in total. The van der Waals surface area contributed by atoms with E-state index >= 15 is 0 Å². The molecule has 27 heavy (non-hydrogen) atoms. The minimum atomic E-state index is -3.57. The zero-order valence-electron chi connectivity index (χ0n) is 16.6. The van der Waals surface area contributed by atoms with Crippen LogP contribution in [0.1, 0.15) is 55.6 Å². The molecule has 3 rings (SSSR count). The highest BCUT2D eigenvalue weighted by molar-refractivity contribution is 7.89. The number of aryl methyl sites for hydroxylation is 3. The lowest BCUT2D eigenvalue weighted by molar-refractivity contribution is 0.301. The van der Waals surface area contributed by atoms with Crippen molar-refractivity contribution in [2.24, 2.45) is 7.05 Å². The van der Waals surface area contributed by atoms with Crippen molar-refractivity contribution in [1.82, 2.24) is 18.7 Å². The Morgan fingerprint density at radius 2 is 1.89 bits per heavy atom. The quantitative estimate of drug-likeness (QED) is 0.800. The normalized spacial score (nSPS) is 19.0. The summed E-state index contributed by atoms with van der Waals surface area (Å²) in [5.41, 5.74) is 1.87. The van der Waals surface area contributed by atoms with Crippen molar-refractivity contribution in [3.05, 3.63) is 45.6 Å². The number of hydrogen-bond acceptors (Lipinski definition) is 4. The molecule has 1 atom stereocenters. The molecule has 0 amide bonds. The van der Waals surface area contributed by atoms with Gasteiger partial charge in [0.05, 0.1) is 4.90 Å². The first-order valence-electron chi connectivity index (χ1n) is 9.35. The van der Waals surface area contributed by atoms with Gasteiger partial charge in [-0.3, -0.25) is 4.57 Å². The average molecular weight is 393 g/mol. The van der Waals surface area contributed by atoms with Crippen molar-refractivity contribution < 1.29 is 8.42 Å². The van der Waals surface area contributed by atoms with Crippen LogP contribution in [0.2, 0.25) is 0 Å². The molecule has 1 saturated heterocycles. The summed E-state index contributed by atoms with van der Waals surface area (Å²) < 4.78 is 30.9. The van der Waals surface area contributed by atoms with Gasteiger partial charge < -0.3 is 0 Å². The van der Waals surface area contributed by atoms with Crippen LogP contribution in [-0.2, 0) is 17.1 Å². The number of aromatic nitrogens is 3. The molecule has 0 bridgehead atoms. The Balaban J connectivity index is 1.94. The fourth-order valence-corrected chi connectivity index (χ4v) is 5.27. The molecule has 1 unspecified atom stereocenters. The van der Waals surface area contributed by atoms with Gasteiger partial charge in [0, 0.05) is 32.1 Å². The van der Waals surface area contributed by atoms with Gasteiger partial charge in [-0.2, -0.15) is 9.40 Å². The molecule has 1 aliphatic rings. The summed E-state index contributed by atoms with van der Waals surface area (Å²) in [4.78, 5) is 12.7. The maximum absolute atomic E-state index is 13.2. The van der Waals surface area contributed by atoms with Crippen molar-refractivity contribution in [2.75, 3.05) is 13.1 Å². The van der Waals surface area contributed by atoms with Gasteiger partial charge in [0.1, 0.15) is 5.82 Å². The largest absolute Gasteiger partial charge is 0.345 e. The fourth-order valence-electron chi connectivity index (χ4n) is 3.66. The van der Waals surface area contributed by atoms with Crippen LogP contribution in [0.15, 0.2) is 27.9 Å². The van der Waals surface area contributed by atoms with Crippen LogP contribution < -0.4 is 5.69 Å². The number of benzene rings is 1. The van der Waals surface area contributed by atoms with Gasteiger partial charge in [0.25, 0.3) is 0 Å². The highest BCUT2D eigenvalue weighted by atomic mass is 32.2. The smallest absolute Gasteiger partial charge is 0.276 e. The SMILES string of the molecule is Cc1ccc(S(=O)(=O)N2CCCC(c3nn(C)c(=O)n3C(C)C)C2)cc1C. The molecule has 1 fully saturated rings. The van der Waals surface area contributed by atoms with Crippen molar-refractivity contribution in [3.8, 4) is 0 Å². The van der Waals surface area contributed by atoms with Crippen LogP contribution in [0.25, 0.3) is 0 Å². The van der Waals surface area contributed by atoms with E-state index in [0.717, 1.165) is 24.0 Å². The number of sulfonamides is 1. The van der Waals surface area contributed by atoms with E-state index in [0.29, 0.717) is 23.8 Å². The highest BCUT2D eigenvalue weighted by Gasteiger charge is 2.34. The Morgan fingerprint density at radius 1 is 1.19 bits per heavy atom. The highest BCUT2D eigenvalue weighted by Crippen LogP contribution is 2.30. The number of piperidine rings is 1. The predicted octanol–water partition coefficient (Wildman–Crippen LogP) is 2.35. The monoisotopic (exact) mass is 392 g/mol. The van der Waals surface area contributed by atoms with Crippen molar-refractivity contribution in [3.63, 3.8) is 0 Å². The average Bonchev–Trinajstić information content (AvgIpc) is 2.92. The van der Waals surface area contributed by atoms with E-state index in [9.17, 15) is 13.2 Å². The first kappa shape index (κ1) is 19.8. The second-order valence-corrected chi connectivity index (χ2v) is 9.61. The zero-order valence-corrected chi connectivity index (χ0v) is 17.5. The predicted molar refractivity (Wildman–Crippen MR) is 105 cm³/mol. The molecule has 2 heterocycles. The molecule has 0 aliphatic carbocycles. The molecule has 0 saturated carbocycles. The molecule has 148 valence electrons. The summed E-state index contributed by atoms with van der Waals surface area (Å²) in [7, 11) is -1.93. The maximum Gasteiger partial charge on any atom is 0.345 e. The first-order chi connectivity index (χ1) is 12.6. The summed E-state index contributed by atoms with van der Waals surface area (Å²) in [6.07, 6.45) is 1.57. The second kappa shape index (κ2) is 7.24. The molecule has 0 spiro atoms. The Kier molecular flexibility index (Phi) is 5.31. The van der Waals surface area contributed by atoms with Gasteiger partial charge in [-0.1, -0.05) is 6.07 Å². The summed E-state index contributed by atoms with van der Waals surface area (Å²) in [6, 6.07) is 5.23. The Bertz CT molecular complexity index is 1000. The number of rotatable bonds is 4. The topological polar surface area (TPSA) is 77.2 Å². The molecular formula is C19H28N4O3S. The standard InChI is InChI=1S/C19H28N4O3S/c1-13(2)23-18(20-21(5)19(23)24)16-7-6-10-22(12-16)27(25,26)17-9-8-14(3)15(4)11-17/h8-9,11,13,16H,6-7,10,12H2,1-5H3. The van der Waals surface area contributed by atoms with Gasteiger partial charge in [-0.25, -0.2) is 17.9 Å². The van der Waals surface area contributed by atoms with E-state index in [4.69, 9.17) is 0 Å². The van der Waals surface area contributed by atoms with E-state index in [1.165, 1.54) is 8.99 Å². The van der Waals surface area contributed by atoms with Crippen LogP contribution in [0, 0.1) is 13.8 Å². The Morgan fingerprint density at radius 3 is 2.52 bits per heavy atom. The van der Waals surface area contributed by atoms with Crippen LogP contribution in [-0.4, -0.2) is 40.2 Å². The maximum atomic E-state index is 13.2. The number of nitrogens with zero attached hydrogens (tertiary/aromatic N) is 4. The molecule has 0 radical (unpaired) electrons. The molecule has 1 aliphatic heterocycles. The summed E-state index contributed by atoms with van der Waals surface area (Å²) >= 11 is 0.